The Morgan fingerprint density at radius 1 is 1.47 bits per heavy atom. The summed E-state index contributed by atoms with van der Waals surface area (Å²) in [4.78, 5) is 4.28. The zero-order valence-corrected chi connectivity index (χ0v) is 11.7. The zero-order chi connectivity index (χ0) is 13.7. The molecular formula is C12H19N3O3S. The van der Waals surface area contributed by atoms with E-state index >= 15 is 0 Å². The minimum atomic E-state index is -3.50. The Bertz CT molecular complexity index is 495. The summed E-state index contributed by atoms with van der Waals surface area (Å²) >= 11 is 0. The SMILES string of the molecule is CCCNc1ccc(S(=O)(=O)NC2CCOC2)cn1. The van der Waals surface area contributed by atoms with Crippen LogP contribution in [0.15, 0.2) is 23.2 Å². The van der Waals surface area contributed by atoms with Crippen molar-refractivity contribution < 1.29 is 13.2 Å². The number of rotatable bonds is 6. The summed E-state index contributed by atoms with van der Waals surface area (Å²) < 4.78 is 31.9. The third kappa shape index (κ3) is 3.89. The van der Waals surface area contributed by atoms with Gasteiger partial charge < -0.3 is 10.1 Å². The molecule has 7 heteroatoms. The molecule has 1 aromatic heterocycles. The van der Waals surface area contributed by atoms with Crippen molar-refractivity contribution in [3.8, 4) is 0 Å². The first kappa shape index (κ1) is 14.2. The van der Waals surface area contributed by atoms with Gasteiger partial charge in [0.25, 0.3) is 0 Å². The third-order valence-corrected chi connectivity index (χ3v) is 4.36. The molecule has 1 aliphatic rings. The molecular weight excluding hydrogens is 266 g/mol. The molecule has 1 atom stereocenters. The maximum Gasteiger partial charge on any atom is 0.242 e. The van der Waals surface area contributed by atoms with Crippen LogP contribution >= 0.6 is 0 Å². The van der Waals surface area contributed by atoms with E-state index in [9.17, 15) is 8.42 Å². The van der Waals surface area contributed by atoms with E-state index in [4.69, 9.17) is 4.74 Å². The second kappa shape index (κ2) is 6.31. The highest BCUT2D eigenvalue weighted by Gasteiger charge is 2.23. The van der Waals surface area contributed by atoms with Crippen molar-refractivity contribution in [1.82, 2.24) is 9.71 Å². The Morgan fingerprint density at radius 3 is 2.89 bits per heavy atom. The van der Waals surface area contributed by atoms with E-state index in [2.05, 4.69) is 21.9 Å². The van der Waals surface area contributed by atoms with E-state index in [1.807, 2.05) is 0 Å². The molecule has 0 aromatic carbocycles. The topological polar surface area (TPSA) is 80.3 Å². The predicted octanol–water partition coefficient (Wildman–Crippen LogP) is 0.971. The van der Waals surface area contributed by atoms with Gasteiger partial charge in [0.15, 0.2) is 0 Å². The molecule has 6 nitrogen and oxygen atoms in total. The van der Waals surface area contributed by atoms with E-state index in [1.54, 1.807) is 12.1 Å². The van der Waals surface area contributed by atoms with Crippen LogP contribution in [0.1, 0.15) is 19.8 Å². The number of ether oxygens (including phenoxy) is 1. The number of aromatic nitrogens is 1. The number of nitrogens with one attached hydrogen (secondary N) is 2. The van der Waals surface area contributed by atoms with Crippen LogP contribution < -0.4 is 10.0 Å². The van der Waals surface area contributed by atoms with Crippen molar-refractivity contribution in [2.45, 2.75) is 30.7 Å². The molecule has 1 fully saturated rings. The second-order valence-electron chi connectivity index (χ2n) is 4.49. The van der Waals surface area contributed by atoms with Gasteiger partial charge in [-0.25, -0.2) is 18.1 Å². The number of pyridine rings is 1. The smallest absolute Gasteiger partial charge is 0.242 e. The summed E-state index contributed by atoms with van der Waals surface area (Å²) in [5, 5.41) is 3.10. The Hall–Kier alpha value is -1.18. The predicted molar refractivity (Wildman–Crippen MR) is 72.6 cm³/mol. The maximum atomic E-state index is 12.1. The van der Waals surface area contributed by atoms with Crippen molar-refractivity contribution in [3.63, 3.8) is 0 Å². The van der Waals surface area contributed by atoms with Crippen LogP contribution in [0.5, 0.6) is 0 Å². The summed E-state index contributed by atoms with van der Waals surface area (Å²) in [6.07, 6.45) is 3.07. The summed E-state index contributed by atoms with van der Waals surface area (Å²) in [5.41, 5.74) is 0. The first-order valence-corrected chi connectivity index (χ1v) is 7.90. The Labute approximate surface area is 113 Å². The second-order valence-corrected chi connectivity index (χ2v) is 6.20. The first-order chi connectivity index (χ1) is 9.12. The molecule has 1 saturated heterocycles. The molecule has 2 rings (SSSR count). The van der Waals surface area contributed by atoms with Gasteiger partial charge in [0.1, 0.15) is 10.7 Å². The van der Waals surface area contributed by atoms with Gasteiger partial charge in [-0.2, -0.15) is 0 Å². The van der Waals surface area contributed by atoms with Crippen LogP contribution in [0.25, 0.3) is 0 Å². The van der Waals surface area contributed by atoms with Gasteiger partial charge in [0.05, 0.1) is 6.61 Å². The molecule has 2 N–H and O–H groups in total. The molecule has 0 spiro atoms. The molecule has 0 bridgehead atoms. The molecule has 1 aromatic rings. The molecule has 106 valence electrons. The zero-order valence-electron chi connectivity index (χ0n) is 10.9. The number of nitrogens with zero attached hydrogens (tertiary/aromatic N) is 1. The lowest BCUT2D eigenvalue weighted by Crippen LogP contribution is -2.35. The molecule has 2 heterocycles. The number of sulfonamides is 1. The van der Waals surface area contributed by atoms with Crippen molar-refractivity contribution >= 4 is 15.8 Å². The quantitative estimate of drug-likeness (QED) is 0.814. The minimum absolute atomic E-state index is 0.136. The maximum absolute atomic E-state index is 12.1. The highest BCUT2D eigenvalue weighted by atomic mass is 32.2. The highest BCUT2D eigenvalue weighted by Crippen LogP contribution is 2.13. The molecule has 0 aliphatic carbocycles. The standard InChI is InChI=1S/C12H19N3O3S/c1-2-6-13-12-4-3-11(8-14-12)19(16,17)15-10-5-7-18-9-10/h3-4,8,10,15H,2,5-7,9H2,1H3,(H,13,14). The lowest BCUT2D eigenvalue weighted by molar-refractivity contribution is 0.192. The van der Waals surface area contributed by atoms with Gasteiger partial charge in [-0.05, 0) is 25.0 Å². The van der Waals surface area contributed by atoms with Gasteiger partial charge in [-0.1, -0.05) is 6.92 Å². The van der Waals surface area contributed by atoms with Crippen LogP contribution in [0, 0.1) is 0 Å². The summed E-state index contributed by atoms with van der Waals surface area (Å²) in [6.45, 7) is 3.91. The van der Waals surface area contributed by atoms with Crippen molar-refractivity contribution in [3.05, 3.63) is 18.3 Å². The molecule has 1 unspecified atom stereocenters. The Kier molecular flexibility index (Phi) is 4.73. The van der Waals surface area contributed by atoms with Crippen molar-refractivity contribution in [1.29, 1.82) is 0 Å². The molecule has 0 radical (unpaired) electrons. The number of anilines is 1. The summed E-state index contributed by atoms with van der Waals surface area (Å²) in [5.74, 6) is 0.685. The number of hydrogen-bond acceptors (Lipinski definition) is 5. The van der Waals surface area contributed by atoms with Crippen LogP contribution in [-0.4, -0.2) is 39.2 Å². The van der Waals surface area contributed by atoms with Gasteiger partial charge in [0, 0.05) is 25.4 Å². The Morgan fingerprint density at radius 2 is 2.32 bits per heavy atom. The minimum Gasteiger partial charge on any atom is -0.380 e. The van der Waals surface area contributed by atoms with Crippen molar-refractivity contribution in [2.75, 3.05) is 25.1 Å². The Balaban J connectivity index is 2.03. The van der Waals surface area contributed by atoms with Crippen LogP contribution in [0.4, 0.5) is 5.82 Å². The van der Waals surface area contributed by atoms with Crippen LogP contribution in [0.2, 0.25) is 0 Å². The van der Waals surface area contributed by atoms with Gasteiger partial charge in [-0.3, -0.25) is 0 Å². The van der Waals surface area contributed by atoms with E-state index in [-0.39, 0.29) is 10.9 Å². The van der Waals surface area contributed by atoms with Crippen LogP contribution in [-0.2, 0) is 14.8 Å². The lowest BCUT2D eigenvalue weighted by atomic mass is 10.3. The van der Waals surface area contributed by atoms with Crippen molar-refractivity contribution in [2.24, 2.45) is 0 Å². The van der Waals surface area contributed by atoms with E-state index in [0.29, 0.717) is 25.5 Å². The van der Waals surface area contributed by atoms with E-state index in [0.717, 1.165) is 13.0 Å². The number of hydrogen-bond donors (Lipinski definition) is 2. The largest absolute Gasteiger partial charge is 0.380 e. The van der Waals surface area contributed by atoms with Gasteiger partial charge in [-0.15, -0.1) is 0 Å². The lowest BCUT2D eigenvalue weighted by Gasteiger charge is -2.11. The van der Waals surface area contributed by atoms with E-state index < -0.39 is 10.0 Å². The highest BCUT2D eigenvalue weighted by molar-refractivity contribution is 7.89. The van der Waals surface area contributed by atoms with E-state index in [1.165, 1.54) is 6.20 Å². The van der Waals surface area contributed by atoms with Gasteiger partial charge >= 0.3 is 0 Å². The fraction of sp³-hybridized carbons (Fsp3) is 0.583. The summed E-state index contributed by atoms with van der Waals surface area (Å²) in [7, 11) is -3.50. The fourth-order valence-corrected chi connectivity index (χ4v) is 3.01. The monoisotopic (exact) mass is 285 g/mol. The molecule has 19 heavy (non-hydrogen) atoms. The third-order valence-electron chi connectivity index (χ3n) is 2.85. The van der Waals surface area contributed by atoms with Gasteiger partial charge in [0.2, 0.25) is 10.0 Å². The summed E-state index contributed by atoms with van der Waals surface area (Å²) in [6, 6.07) is 3.10. The average molecular weight is 285 g/mol. The molecule has 0 amide bonds. The normalized spacial score (nSPS) is 19.5. The molecule has 1 aliphatic heterocycles. The fourth-order valence-electron chi connectivity index (χ4n) is 1.81. The average Bonchev–Trinajstić information content (AvgIpc) is 2.89. The first-order valence-electron chi connectivity index (χ1n) is 6.42. The molecule has 0 saturated carbocycles. The van der Waals surface area contributed by atoms with Crippen LogP contribution in [0.3, 0.4) is 0 Å².